The van der Waals surface area contributed by atoms with Gasteiger partial charge < -0.3 is 167 Å². The lowest BCUT2D eigenvalue weighted by Crippen LogP contribution is -2.95. The van der Waals surface area contributed by atoms with Gasteiger partial charge in [0.05, 0.1) is 38.0 Å². The van der Waals surface area contributed by atoms with Crippen molar-refractivity contribution >= 4 is 11.6 Å². The molecule has 4 aromatic carbocycles. The van der Waals surface area contributed by atoms with Crippen LogP contribution in [0.15, 0.2) is 30.3 Å². The number of aliphatic hydroxyl groups is 20. The van der Waals surface area contributed by atoms with Crippen LogP contribution in [0, 0.1) is 11.8 Å². The first kappa shape index (κ1) is 63.8. The topological polar surface area (TPSA) is 653 Å². The second-order valence-corrected chi connectivity index (χ2v) is 20.5. The van der Waals surface area contributed by atoms with Crippen molar-refractivity contribution in [2.24, 2.45) is 11.8 Å². The highest BCUT2D eigenvalue weighted by molar-refractivity contribution is 6.07. The van der Waals surface area contributed by atoms with Crippen LogP contribution in [-0.2, 0) is 25.3 Å². The van der Waals surface area contributed by atoms with Crippen molar-refractivity contribution in [2.45, 2.75) is 96.1 Å². The number of carbonyl (C=O) groups is 2. The van der Waals surface area contributed by atoms with Crippen molar-refractivity contribution < 1.29 is 176 Å². The number of aromatic hydroxyl groups is 8. The summed E-state index contributed by atoms with van der Waals surface area (Å²) in [5, 5.41) is 313. The molecule has 4 aromatic rings. The molecule has 0 radical (unpaired) electrons. The van der Waals surface area contributed by atoms with Crippen LogP contribution in [0.3, 0.4) is 0 Å². The minimum Gasteiger partial charge on any atom is -0.504 e. The van der Waals surface area contributed by atoms with Crippen molar-refractivity contribution in [3.8, 4) is 74.7 Å². The molecule has 85 heavy (non-hydrogen) atoms. The van der Waals surface area contributed by atoms with Crippen LogP contribution in [0.5, 0.6) is 74.7 Å². The number of piperidine rings is 2. The van der Waals surface area contributed by atoms with Gasteiger partial charge in [-0.2, -0.15) is 4.90 Å². The molecule has 2 unspecified atom stereocenters. The van der Waals surface area contributed by atoms with Gasteiger partial charge in [0.25, 0.3) is 52.7 Å². The number of ketones is 2. The van der Waals surface area contributed by atoms with Gasteiger partial charge in [0.2, 0.25) is 47.0 Å². The van der Waals surface area contributed by atoms with Gasteiger partial charge in [-0.3, -0.25) is 9.59 Å². The molecule has 2 atom stereocenters. The summed E-state index contributed by atoms with van der Waals surface area (Å²) in [6, 6.07) is 4.97. The Labute approximate surface area is 471 Å². The number of Topliss-reactive ketones (excluding diaryl/α,β-unsaturated/α-hetero) is 2. The number of hydrogen-bond acceptors (Lipinski definition) is 37. The first-order valence-electron chi connectivity index (χ1n) is 24.1. The van der Waals surface area contributed by atoms with Gasteiger partial charge in [-0.1, -0.05) is 30.3 Å². The van der Waals surface area contributed by atoms with Crippen LogP contribution in [-0.4, -0.2) is 250 Å². The number of fused-ring (bicyclic) bond motifs is 2. The number of nitrogens with zero attached hydrogens (tertiary/aromatic N) is 2. The van der Waals surface area contributed by atoms with Gasteiger partial charge in [-0.25, -0.2) is 0 Å². The Kier molecular flexibility index (Phi) is 14.7. The molecule has 2 heterocycles. The lowest BCUT2D eigenvalue weighted by molar-refractivity contribution is -0.629. The minimum absolute atomic E-state index is 0.468. The fourth-order valence-corrected chi connectivity index (χ4v) is 11.3. The Morgan fingerprint density at radius 1 is 0.459 bits per heavy atom. The molecule has 37 heteroatoms. The van der Waals surface area contributed by atoms with Crippen molar-refractivity contribution in [1.82, 2.24) is 9.80 Å². The molecule has 0 bridgehead atoms. The van der Waals surface area contributed by atoms with Crippen molar-refractivity contribution in [3.05, 3.63) is 63.7 Å². The summed E-state index contributed by atoms with van der Waals surface area (Å²) in [4.78, 5) is 25.4. The van der Waals surface area contributed by atoms with Gasteiger partial charge in [-0.05, 0) is 25.7 Å². The average Bonchev–Trinajstić information content (AvgIpc) is 0.906. The van der Waals surface area contributed by atoms with E-state index in [-0.39, 0.29) is 0 Å². The summed E-state index contributed by atoms with van der Waals surface area (Å²) in [5.74, 6) is -67.3. The molecule has 2 aliphatic heterocycles. The van der Waals surface area contributed by atoms with E-state index in [0.717, 1.165) is 45.6 Å². The van der Waals surface area contributed by atoms with Crippen LogP contribution in [0.4, 0.5) is 0 Å². The molecule has 37 nitrogen and oxygen atoms in total. The lowest BCUT2D eigenvalue weighted by atomic mass is 9.69. The number of carbonyl (C=O) groups excluding carboxylic acids is 2. The van der Waals surface area contributed by atoms with Crippen molar-refractivity contribution in [2.75, 3.05) is 28.1 Å². The molecule has 4 aliphatic rings. The van der Waals surface area contributed by atoms with E-state index in [9.17, 15) is 153 Å². The van der Waals surface area contributed by atoms with Gasteiger partial charge >= 0.3 is 0 Å². The fraction of sp³-hybridized carbons (Fsp3) is 0.458. The Morgan fingerprint density at radius 2 is 0.800 bits per heavy atom. The summed E-state index contributed by atoms with van der Waals surface area (Å²) in [6.07, 6.45) is -5.67. The predicted octanol–water partition coefficient (Wildman–Crippen LogP) is -9.37. The molecule has 0 spiro atoms. The largest absolute Gasteiger partial charge is 0.504 e. The maximum Gasteiger partial charge on any atom is 0.294 e. The number of methoxy groups -OCH3 is 3. The number of benzene rings is 4. The van der Waals surface area contributed by atoms with E-state index in [1.54, 1.807) is 0 Å². The first-order chi connectivity index (χ1) is 38.8. The third-order valence-electron chi connectivity index (χ3n) is 16.0. The number of rotatable bonds is 15. The van der Waals surface area contributed by atoms with Gasteiger partial charge in [0.15, 0.2) is 57.3 Å². The van der Waals surface area contributed by atoms with E-state index < -0.39 is 244 Å². The Balaban J connectivity index is 1.04. The summed E-state index contributed by atoms with van der Waals surface area (Å²) >= 11 is 0. The van der Waals surface area contributed by atoms with E-state index in [2.05, 4.69) is 0 Å². The third kappa shape index (κ3) is 8.05. The molecule has 0 amide bonds. The molecule has 28 N–H and O–H groups in total. The minimum atomic E-state index is -5.01. The van der Waals surface area contributed by atoms with E-state index in [0.29, 0.717) is 0 Å². The predicted molar refractivity (Wildman–Crippen MR) is 258 cm³/mol. The second kappa shape index (κ2) is 19.6. The molecule has 0 saturated carbocycles. The number of likely N-dealkylation sites (tertiary alicyclic amines) is 2. The highest BCUT2D eigenvalue weighted by Crippen LogP contribution is 2.61. The van der Waals surface area contributed by atoms with Crippen LogP contribution in [0.2, 0.25) is 0 Å². The zero-order chi connectivity index (χ0) is 64.2. The summed E-state index contributed by atoms with van der Waals surface area (Å²) in [5.41, 5.74) is -14.6. The van der Waals surface area contributed by atoms with Crippen LogP contribution < -0.4 is 23.7 Å². The number of phenolic OH excluding ortho intramolecular Hbond substituents is 8. The van der Waals surface area contributed by atoms with Gasteiger partial charge in [-0.15, -0.1) is 4.90 Å². The monoisotopic (exact) mass is 1220 g/mol. The molecule has 2 fully saturated rings. The van der Waals surface area contributed by atoms with Crippen molar-refractivity contribution in [1.29, 1.82) is 0 Å². The van der Waals surface area contributed by atoms with Crippen LogP contribution in [0.1, 0.15) is 55.8 Å². The maximum atomic E-state index is 14.0. The molecule has 2 saturated heterocycles. The van der Waals surface area contributed by atoms with Crippen molar-refractivity contribution in [3.63, 3.8) is 0 Å². The summed E-state index contributed by atoms with van der Waals surface area (Å²) in [7, 11) is 2.79. The normalized spacial score (nSPS) is 23.7. The summed E-state index contributed by atoms with van der Waals surface area (Å²) in [6.45, 7) is -3.62. The zero-order valence-corrected chi connectivity index (χ0v) is 43.6. The Morgan fingerprint density at radius 3 is 1.19 bits per heavy atom. The van der Waals surface area contributed by atoms with Crippen LogP contribution >= 0.6 is 0 Å². The third-order valence-corrected chi connectivity index (χ3v) is 16.0. The van der Waals surface area contributed by atoms with E-state index in [1.165, 1.54) is 6.07 Å². The summed E-state index contributed by atoms with van der Waals surface area (Å²) < 4.78 is 25.4. The molecule has 0 aromatic heterocycles. The van der Waals surface area contributed by atoms with E-state index in [1.807, 2.05) is 0 Å². The highest BCUT2D eigenvalue weighted by Gasteiger charge is 2.88. The first-order valence-corrected chi connectivity index (χ1v) is 24.1. The van der Waals surface area contributed by atoms with Crippen LogP contribution in [0.25, 0.3) is 0 Å². The van der Waals surface area contributed by atoms with Gasteiger partial charge in [0.1, 0.15) is 0 Å². The standard InChI is InChI=1S/C48H56N2O35/c1-81-34-27(55)18-9-15(23(51)21(18)29(57)36(34)83-3)11-38(61)41(65,66)45(73,74)49(46(75,76)42(38,67)68)13-20-25(53)31(59)33(32(60)26(20)54)84-14-85-37-30(58)22-19(28(56)35(37)82-2)10-16(24(22)52)12-39(62)43(69,70)47(77,78)50(48(79,80)44(39,71)72)40(63,64)17-7-5-4-6-8-17/h4-8,15-16,53-80H,9-14H2,1-3H3. The molecule has 8 rings (SSSR count). The Hall–Kier alpha value is -7.26. The molecular formula is C48H56N2O35. The average molecular weight is 1220 g/mol. The highest BCUT2D eigenvalue weighted by atomic mass is 16.7. The lowest BCUT2D eigenvalue weighted by Gasteiger charge is -2.64. The number of ether oxygens (including phenoxy) is 5. The second-order valence-electron chi connectivity index (χ2n) is 20.5. The maximum absolute atomic E-state index is 14.0. The number of hydrogen-bond donors (Lipinski definition) is 28. The molecule has 2 aliphatic carbocycles. The van der Waals surface area contributed by atoms with E-state index >= 15 is 0 Å². The fourth-order valence-electron chi connectivity index (χ4n) is 11.3. The quantitative estimate of drug-likeness (QED) is 0.0299. The van der Waals surface area contributed by atoms with Gasteiger partial charge in [0, 0.05) is 35.1 Å². The zero-order valence-electron chi connectivity index (χ0n) is 43.6. The molecule has 468 valence electrons. The number of phenols is 8. The SMILES string of the molecule is COc1c(O)c2c(c(O)c1OC)C(=O)C(CC1(O)C(O)(O)C(O)(O)N(Cc3c(O)c(O)c(OCOc4c(O)c5c(c(O)c4OC)CC(CC4(O)C(O)(O)C(O)(O)N(C(O)(O)c6ccccc6)C(O)(O)C4(O)O)C5=O)c(O)c3O)C(O)(O)C1(O)O)C2. The smallest absolute Gasteiger partial charge is 0.294 e. The molecular weight excluding hydrogens is 1160 g/mol. The van der Waals surface area contributed by atoms with E-state index in [4.69, 9.17) is 23.7 Å². The Bertz CT molecular complexity index is 3310.